The van der Waals surface area contributed by atoms with Crippen LogP contribution >= 0.6 is 0 Å². The summed E-state index contributed by atoms with van der Waals surface area (Å²) in [6.07, 6.45) is 1.71. The van der Waals surface area contributed by atoms with E-state index in [2.05, 4.69) is 9.97 Å². The molecule has 2 heterocycles. The third kappa shape index (κ3) is 3.69. The predicted octanol–water partition coefficient (Wildman–Crippen LogP) is 4.40. The van der Waals surface area contributed by atoms with E-state index in [4.69, 9.17) is 4.42 Å². The molecule has 0 amide bonds. The topological polar surface area (TPSA) is 64.2 Å². The van der Waals surface area contributed by atoms with Gasteiger partial charge in [-0.15, -0.1) is 0 Å². The maximum absolute atomic E-state index is 12.8. The van der Waals surface area contributed by atoms with E-state index in [1.54, 1.807) is 6.20 Å². The van der Waals surface area contributed by atoms with E-state index >= 15 is 0 Å². The summed E-state index contributed by atoms with van der Waals surface area (Å²) in [5, 5.41) is 0. The number of hydrogen-bond acceptors (Lipinski definition) is 5. The van der Waals surface area contributed by atoms with Crippen LogP contribution in [-0.4, -0.2) is 27.6 Å². The van der Waals surface area contributed by atoms with Gasteiger partial charge < -0.3 is 9.32 Å². The first kappa shape index (κ1) is 18.7. The van der Waals surface area contributed by atoms with Gasteiger partial charge in [-0.05, 0) is 32.0 Å². The molecule has 0 N–H and O–H groups in total. The van der Waals surface area contributed by atoms with Crippen molar-refractivity contribution in [1.82, 2.24) is 14.5 Å². The summed E-state index contributed by atoms with van der Waals surface area (Å²) in [5.74, 6) is 2.08. The molecule has 0 radical (unpaired) electrons. The molecule has 0 saturated carbocycles. The molecular weight excluding hydrogens is 364 g/mol. The summed E-state index contributed by atoms with van der Waals surface area (Å²) in [4.78, 5) is 23.8. The lowest BCUT2D eigenvalue weighted by Crippen LogP contribution is -2.29. The zero-order valence-corrected chi connectivity index (χ0v) is 16.4. The van der Waals surface area contributed by atoms with Crippen molar-refractivity contribution in [3.63, 3.8) is 0 Å². The van der Waals surface area contributed by atoms with Gasteiger partial charge in [0, 0.05) is 30.4 Å². The van der Waals surface area contributed by atoms with Gasteiger partial charge in [0.15, 0.2) is 11.6 Å². The minimum atomic E-state index is -0.389. The molecular formula is C23H22N4O2. The number of aromatic nitrogens is 3. The summed E-state index contributed by atoms with van der Waals surface area (Å²) in [6.45, 7) is 5.64. The summed E-state index contributed by atoms with van der Waals surface area (Å²) in [5.41, 5.74) is 1.30. The Hall–Kier alpha value is -3.67. The third-order valence-corrected chi connectivity index (χ3v) is 4.77. The second kappa shape index (κ2) is 8.14. The highest BCUT2D eigenvalue weighted by atomic mass is 16.4. The van der Waals surface area contributed by atoms with Crippen molar-refractivity contribution < 1.29 is 4.42 Å². The lowest BCUT2D eigenvalue weighted by Gasteiger charge is -2.19. The van der Waals surface area contributed by atoms with Crippen LogP contribution in [0.5, 0.6) is 0 Å². The van der Waals surface area contributed by atoms with Gasteiger partial charge in [0.25, 0.3) is 0 Å². The molecule has 146 valence electrons. The van der Waals surface area contributed by atoms with Gasteiger partial charge in [0.05, 0.1) is 0 Å². The zero-order chi connectivity index (χ0) is 20.2. The van der Waals surface area contributed by atoms with E-state index in [1.807, 2.05) is 85.5 Å². The van der Waals surface area contributed by atoms with Gasteiger partial charge in [-0.2, -0.15) is 9.97 Å². The first-order valence-electron chi connectivity index (χ1n) is 9.68. The van der Waals surface area contributed by atoms with Gasteiger partial charge in [0.2, 0.25) is 5.89 Å². The van der Waals surface area contributed by atoms with E-state index in [0.717, 1.165) is 24.2 Å². The third-order valence-electron chi connectivity index (χ3n) is 4.77. The maximum Gasteiger partial charge on any atom is 0.355 e. The van der Waals surface area contributed by atoms with Gasteiger partial charge in [-0.3, -0.25) is 0 Å². The molecule has 2 aromatic heterocycles. The van der Waals surface area contributed by atoms with Crippen LogP contribution in [-0.2, 0) is 0 Å². The number of hydrogen-bond donors (Lipinski definition) is 0. The van der Waals surface area contributed by atoms with Crippen LogP contribution in [0.3, 0.4) is 0 Å². The van der Waals surface area contributed by atoms with Crippen LogP contribution in [0.25, 0.3) is 28.6 Å². The monoisotopic (exact) mass is 386 g/mol. The van der Waals surface area contributed by atoms with E-state index in [1.165, 1.54) is 4.57 Å². The van der Waals surface area contributed by atoms with Crippen LogP contribution in [0, 0.1) is 0 Å². The van der Waals surface area contributed by atoms with Gasteiger partial charge in [0.1, 0.15) is 5.82 Å². The molecule has 29 heavy (non-hydrogen) atoms. The molecule has 0 unspecified atom stereocenters. The first-order chi connectivity index (χ1) is 14.2. The Bertz CT molecular complexity index is 1150. The largest absolute Gasteiger partial charge is 0.434 e. The Labute approximate surface area is 169 Å². The summed E-state index contributed by atoms with van der Waals surface area (Å²) < 4.78 is 7.54. The first-order valence-corrected chi connectivity index (χ1v) is 9.68. The van der Waals surface area contributed by atoms with Gasteiger partial charge in [-0.25, -0.2) is 9.36 Å². The van der Waals surface area contributed by atoms with Crippen LogP contribution in [0.15, 0.2) is 82.1 Å². The summed E-state index contributed by atoms with van der Waals surface area (Å²) >= 11 is 0. The molecule has 2 aromatic carbocycles. The Morgan fingerprint density at radius 2 is 1.48 bits per heavy atom. The molecule has 0 bridgehead atoms. The minimum Gasteiger partial charge on any atom is -0.434 e. The van der Waals surface area contributed by atoms with Crippen molar-refractivity contribution in [2.45, 2.75) is 13.8 Å². The van der Waals surface area contributed by atoms with Gasteiger partial charge >= 0.3 is 5.69 Å². The quantitative estimate of drug-likeness (QED) is 0.491. The normalized spacial score (nSPS) is 10.8. The highest BCUT2D eigenvalue weighted by Gasteiger charge is 2.19. The molecule has 0 aliphatic heterocycles. The Kier molecular flexibility index (Phi) is 5.24. The maximum atomic E-state index is 12.8. The fourth-order valence-electron chi connectivity index (χ4n) is 3.24. The predicted molar refractivity (Wildman–Crippen MR) is 114 cm³/mol. The fraction of sp³-hybridized carbons (Fsp3) is 0.174. The van der Waals surface area contributed by atoms with Crippen molar-refractivity contribution in [3.05, 3.63) is 83.4 Å². The van der Waals surface area contributed by atoms with Gasteiger partial charge in [-0.1, -0.05) is 48.5 Å². The van der Waals surface area contributed by atoms with E-state index < -0.39 is 0 Å². The van der Waals surface area contributed by atoms with E-state index in [-0.39, 0.29) is 5.69 Å². The average molecular weight is 386 g/mol. The highest BCUT2D eigenvalue weighted by molar-refractivity contribution is 5.68. The molecule has 0 aliphatic rings. The van der Waals surface area contributed by atoms with E-state index in [0.29, 0.717) is 23.3 Å². The summed E-state index contributed by atoms with van der Waals surface area (Å²) in [7, 11) is 0. The molecule has 0 saturated heterocycles. The molecule has 4 rings (SSSR count). The average Bonchev–Trinajstić information content (AvgIpc) is 3.21. The number of oxazole rings is 1. The number of nitrogens with zero attached hydrogens (tertiary/aromatic N) is 4. The highest BCUT2D eigenvalue weighted by Crippen LogP contribution is 2.31. The second-order valence-electron chi connectivity index (χ2n) is 6.51. The van der Waals surface area contributed by atoms with Crippen molar-refractivity contribution in [2.24, 2.45) is 0 Å². The summed E-state index contributed by atoms with van der Waals surface area (Å²) in [6, 6.07) is 21.1. The Morgan fingerprint density at radius 1 is 0.862 bits per heavy atom. The number of rotatable bonds is 6. The Balaban J connectivity index is 1.87. The standard InChI is InChI=1S/C23H22N4O2/c1-3-26(4-2)19-15-16-27(23(28)24-19)21-20(17-11-7-5-8-12-17)29-22(25-21)18-13-9-6-10-14-18/h5-16H,3-4H2,1-2H3. The smallest absolute Gasteiger partial charge is 0.355 e. The fourth-order valence-corrected chi connectivity index (χ4v) is 3.24. The van der Waals surface area contributed by atoms with Crippen molar-refractivity contribution in [3.8, 4) is 28.6 Å². The molecule has 0 aliphatic carbocycles. The zero-order valence-electron chi connectivity index (χ0n) is 16.4. The second-order valence-corrected chi connectivity index (χ2v) is 6.51. The van der Waals surface area contributed by atoms with Crippen LogP contribution in [0.4, 0.5) is 5.82 Å². The lowest BCUT2D eigenvalue weighted by atomic mass is 10.2. The lowest BCUT2D eigenvalue weighted by molar-refractivity contribution is 0.588. The molecule has 6 nitrogen and oxygen atoms in total. The molecule has 0 atom stereocenters. The molecule has 6 heteroatoms. The number of benzene rings is 2. The molecule has 0 spiro atoms. The van der Waals surface area contributed by atoms with E-state index in [9.17, 15) is 4.79 Å². The molecule has 4 aromatic rings. The van der Waals surface area contributed by atoms with Crippen LogP contribution in [0.1, 0.15) is 13.8 Å². The minimum absolute atomic E-state index is 0.389. The Morgan fingerprint density at radius 3 is 2.07 bits per heavy atom. The number of anilines is 1. The SMILES string of the molecule is CCN(CC)c1ccn(-c2nc(-c3ccccc3)oc2-c2ccccc2)c(=O)n1. The van der Waals surface area contributed by atoms with Crippen LogP contribution < -0.4 is 10.6 Å². The van der Waals surface area contributed by atoms with Crippen molar-refractivity contribution >= 4 is 5.82 Å². The van der Waals surface area contributed by atoms with Crippen molar-refractivity contribution in [2.75, 3.05) is 18.0 Å². The molecule has 0 fully saturated rings. The van der Waals surface area contributed by atoms with Crippen molar-refractivity contribution in [1.29, 1.82) is 0 Å². The van der Waals surface area contributed by atoms with Crippen LogP contribution in [0.2, 0.25) is 0 Å².